The third kappa shape index (κ3) is 4.13. The van der Waals surface area contributed by atoms with Crippen LogP contribution < -0.4 is 5.32 Å². The van der Waals surface area contributed by atoms with Gasteiger partial charge in [-0.05, 0) is 49.1 Å². The lowest BCUT2D eigenvalue weighted by molar-refractivity contribution is -0.124. The molecule has 6 heteroatoms. The van der Waals surface area contributed by atoms with Gasteiger partial charge in [0, 0.05) is 24.0 Å². The van der Waals surface area contributed by atoms with Crippen LogP contribution in [0.4, 0.5) is 0 Å². The highest BCUT2D eigenvalue weighted by atomic mass is 32.1. The lowest BCUT2D eigenvalue weighted by Crippen LogP contribution is -2.45. The first-order valence-corrected chi connectivity index (χ1v) is 10.9. The largest absolute Gasteiger partial charge is 0.355 e. The van der Waals surface area contributed by atoms with Gasteiger partial charge in [-0.2, -0.15) is 0 Å². The minimum Gasteiger partial charge on any atom is -0.355 e. The monoisotopic (exact) mass is 399 g/mol. The molecule has 5 nitrogen and oxygen atoms in total. The summed E-state index contributed by atoms with van der Waals surface area (Å²) >= 11 is 1.59. The third-order valence-corrected chi connectivity index (χ3v) is 6.48. The molecule has 0 saturated heterocycles. The van der Waals surface area contributed by atoms with Gasteiger partial charge < -0.3 is 15.1 Å². The number of hydrogen-bond acceptors (Lipinski definition) is 4. The van der Waals surface area contributed by atoms with Crippen LogP contribution in [-0.2, 0) is 4.79 Å². The molecule has 2 atom stereocenters. The molecule has 0 saturated carbocycles. The molecule has 0 bridgehead atoms. The fourth-order valence-corrected chi connectivity index (χ4v) is 4.84. The van der Waals surface area contributed by atoms with Crippen molar-refractivity contribution in [2.45, 2.75) is 32.2 Å². The molecular weight excluding hydrogens is 370 g/mol. The summed E-state index contributed by atoms with van der Waals surface area (Å²) in [7, 11) is 1.79. The number of fused-ring (bicyclic) bond motifs is 1. The van der Waals surface area contributed by atoms with E-state index in [1.165, 1.54) is 0 Å². The van der Waals surface area contributed by atoms with Crippen LogP contribution in [0.5, 0.6) is 0 Å². The van der Waals surface area contributed by atoms with E-state index < -0.39 is 5.92 Å². The van der Waals surface area contributed by atoms with Crippen LogP contribution >= 0.6 is 11.3 Å². The van der Waals surface area contributed by atoms with Crippen molar-refractivity contribution in [1.29, 1.82) is 0 Å². The number of nitrogens with zero attached hydrogens (tertiary/aromatic N) is 2. The normalized spacial score (nSPS) is 19.0. The number of hydrogen-bond donors (Lipinski definition) is 1. The fourth-order valence-electron chi connectivity index (χ4n) is 3.94. The van der Waals surface area contributed by atoms with Gasteiger partial charge in [0.1, 0.15) is 0 Å². The molecule has 0 radical (unpaired) electrons. The number of nitrogens with one attached hydrogen (secondary N) is 1. The van der Waals surface area contributed by atoms with E-state index in [0.717, 1.165) is 36.5 Å². The molecule has 1 aromatic heterocycles. The molecule has 2 heterocycles. The summed E-state index contributed by atoms with van der Waals surface area (Å²) in [6.07, 6.45) is 0.917. The van der Waals surface area contributed by atoms with Gasteiger partial charge in [0.15, 0.2) is 0 Å². The van der Waals surface area contributed by atoms with Gasteiger partial charge in [0.05, 0.1) is 12.0 Å². The van der Waals surface area contributed by atoms with E-state index in [0.29, 0.717) is 12.1 Å². The molecule has 1 N–H and O–H groups in total. The molecule has 1 aromatic carbocycles. The smallest absolute Gasteiger partial charge is 0.254 e. The van der Waals surface area contributed by atoms with E-state index in [-0.39, 0.29) is 17.9 Å². The molecule has 0 aliphatic carbocycles. The van der Waals surface area contributed by atoms with Gasteiger partial charge >= 0.3 is 0 Å². The molecule has 3 rings (SSSR count). The molecule has 1 aliphatic rings. The highest BCUT2D eigenvalue weighted by molar-refractivity contribution is 7.10. The average molecular weight is 400 g/mol. The highest BCUT2D eigenvalue weighted by Gasteiger charge is 2.42. The minimum absolute atomic E-state index is 0.00949. The number of amides is 2. The molecule has 0 unspecified atom stereocenters. The van der Waals surface area contributed by atoms with E-state index in [4.69, 9.17) is 0 Å². The number of rotatable bonds is 8. The second-order valence-corrected chi connectivity index (χ2v) is 8.09. The van der Waals surface area contributed by atoms with E-state index in [2.05, 4.69) is 24.1 Å². The first-order valence-electron chi connectivity index (χ1n) is 9.98. The zero-order valence-corrected chi connectivity index (χ0v) is 17.7. The molecule has 0 fully saturated rings. The Hall–Kier alpha value is -2.18. The van der Waals surface area contributed by atoms with Crippen molar-refractivity contribution >= 4 is 23.2 Å². The number of carbonyl (C=O) groups is 2. The van der Waals surface area contributed by atoms with E-state index in [9.17, 15) is 9.59 Å². The highest BCUT2D eigenvalue weighted by Crippen LogP contribution is 2.43. The first-order chi connectivity index (χ1) is 13.6. The average Bonchev–Trinajstić information content (AvgIpc) is 3.24. The van der Waals surface area contributed by atoms with Crippen molar-refractivity contribution < 1.29 is 9.59 Å². The Labute approximate surface area is 171 Å². The number of carbonyl (C=O) groups excluding carboxylic acids is 2. The standard InChI is InChI=1S/C22H29N3O2S/c1-4-25(5-2)14-9-13-23-21(26)19-16-10-6-7-11-17(16)22(27)24(3)20(19)18-12-8-15-28-18/h6-8,10-12,15,19-20H,4-5,9,13-14H2,1-3H3,(H,23,26)/t19-,20-/m1/s1. The van der Waals surface area contributed by atoms with Crippen LogP contribution in [0.3, 0.4) is 0 Å². The van der Waals surface area contributed by atoms with E-state index >= 15 is 0 Å². The Morgan fingerprint density at radius 2 is 1.93 bits per heavy atom. The van der Waals surface area contributed by atoms with Crippen molar-refractivity contribution in [2.75, 3.05) is 33.2 Å². The maximum absolute atomic E-state index is 13.2. The maximum Gasteiger partial charge on any atom is 0.254 e. The molecule has 2 aromatic rings. The predicted octanol–water partition coefficient (Wildman–Crippen LogP) is 3.51. The SMILES string of the molecule is CCN(CC)CCCNC(=O)[C@@H]1c2ccccc2C(=O)N(C)[C@@H]1c1cccs1. The second kappa shape index (κ2) is 9.34. The van der Waals surface area contributed by atoms with Gasteiger partial charge in [0.25, 0.3) is 5.91 Å². The number of likely N-dealkylation sites (N-methyl/N-ethyl adjacent to an activating group) is 1. The van der Waals surface area contributed by atoms with Crippen LogP contribution in [0.25, 0.3) is 0 Å². The van der Waals surface area contributed by atoms with Crippen LogP contribution in [0.15, 0.2) is 41.8 Å². The van der Waals surface area contributed by atoms with Gasteiger partial charge in [0.2, 0.25) is 5.91 Å². The quantitative estimate of drug-likeness (QED) is 0.691. The summed E-state index contributed by atoms with van der Waals surface area (Å²) in [4.78, 5) is 31.2. The number of benzene rings is 1. The molecule has 1 aliphatic heterocycles. The predicted molar refractivity (Wildman–Crippen MR) is 114 cm³/mol. The second-order valence-electron chi connectivity index (χ2n) is 7.11. The summed E-state index contributed by atoms with van der Waals surface area (Å²) in [5.74, 6) is -0.435. The Bertz CT molecular complexity index is 802. The van der Waals surface area contributed by atoms with Gasteiger partial charge in [-0.15, -0.1) is 11.3 Å². The zero-order chi connectivity index (χ0) is 20.1. The molecule has 150 valence electrons. The van der Waals surface area contributed by atoms with E-state index in [1.807, 2.05) is 41.8 Å². The van der Waals surface area contributed by atoms with Crippen LogP contribution in [0.1, 0.15) is 53.0 Å². The summed E-state index contributed by atoms with van der Waals surface area (Å²) in [5, 5.41) is 5.12. The molecule has 0 spiro atoms. The zero-order valence-electron chi connectivity index (χ0n) is 16.9. The molecule has 2 amide bonds. The van der Waals surface area contributed by atoms with Crippen molar-refractivity contribution in [3.63, 3.8) is 0 Å². The fraction of sp³-hybridized carbons (Fsp3) is 0.455. The van der Waals surface area contributed by atoms with Crippen LogP contribution in [0.2, 0.25) is 0 Å². The summed E-state index contributed by atoms with van der Waals surface area (Å²) in [5.41, 5.74) is 1.45. The molecular formula is C22H29N3O2S. The van der Waals surface area contributed by atoms with Gasteiger partial charge in [-0.1, -0.05) is 38.1 Å². The Morgan fingerprint density at radius 3 is 2.61 bits per heavy atom. The minimum atomic E-state index is -0.397. The Balaban J connectivity index is 1.81. The third-order valence-electron chi connectivity index (χ3n) is 5.54. The summed E-state index contributed by atoms with van der Waals surface area (Å²) < 4.78 is 0. The van der Waals surface area contributed by atoms with Crippen LogP contribution in [-0.4, -0.2) is 54.8 Å². The van der Waals surface area contributed by atoms with Crippen LogP contribution in [0, 0.1) is 0 Å². The van der Waals surface area contributed by atoms with Crippen molar-refractivity contribution in [3.05, 3.63) is 57.8 Å². The summed E-state index contributed by atoms with van der Waals surface area (Å²) in [6, 6.07) is 11.2. The Kier molecular flexibility index (Phi) is 6.86. The Morgan fingerprint density at radius 1 is 1.18 bits per heavy atom. The first kappa shape index (κ1) is 20.6. The van der Waals surface area contributed by atoms with E-state index in [1.54, 1.807) is 23.3 Å². The van der Waals surface area contributed by atoms with Crippen molar-refractivity contribution in [2.24, 2.45) is 0 Å². The van der Waals surface area contributed by atoms with Gasteiger partial charge in [-0.25, -0.2) is 0 Å². The molecule has 28 heavy (non-hydrogen) atoms. The van der Waals surface area contributed by atoms with Crippen molar-refractivity contribution in [1.82, 2.24) is 15.1 Å². The van der Waals surface area contributed by atoms with Gasteiger partial charge in [-0.3, -0.25) is 9.59 Å². The lowest BCUT2D eigenvalue weighted by Gasteiger charge is -2.39. The topological polar surface area (TPSA) is 52.7 Å². The lowest BCUT2D eigenvalue weighted by atomic mass is 9.81. The summed E-state index contributed by atoms with van der Waals surface area (Å²) in [6.45, 7) is 7.96. The van der Waals surface area contributed by atoms with Crippen molar-refractivity contribution in [3.8, 4) is 0 Å². The number of thiophene rings is 1. The maximum atomic E-state index is 13.2.